The normalized spacial score (nSPS) is 19.4. The summed E-state index contributed by atoms with van der Waals surface area (Å²) in [6.45, 7) is 5.06. The van der Waals surface area contributed by atoms with Crippen molar-refractivity contribution in [2.24, 2.45) is 0 Å². The molecule has 1 saturated heterocycles. The molecule has 2 aliphatic heterocycles. The van der Waals surface area contributed by atoms with E-state index >= 15 is 4.39 Å². The van der Waals surface area contributed by atoms with Crippen molar-refractivity contribution in [3.05, 3.63) is 86.2 Å². The van der Waals surface area contributed by atoms with Crippen LogP contribution in [0.1, 0.15) is 35.5 Å². The predicted octanol–water partition coefficient (Wildman–Crippen LogP) is 4.39. The molecule has 0 aliphatic carbocycles. The average molecular weight is 526 g/mol. The number of aryl methyl sites for hydroxylation is 1. The number of ether oxygens (including phenoxy) is 2. The van der Waals surface area contributed by atoms with Gasteiger partial charge in [0.15, 0.2) is 17.3 Å². The number of aromatic nitrogens is 4. The lowest BCUT2D eigenvalue weighted by atomic mass is 10.1. The molecule has 2 atom stereocenters. The minimum absolute atomic E-state index is 0.0350. The summed E-state index contributed by atoms with van der Waals surface area (Å²) >= 11 is 5.80. The number of anilines is 1. The first-order chi connectivity index (χ1) is 17.8. The van der Waals surface area contributed by atoms with Crippen LogP contribution in [0.4, 0.5) is 14.6 Å². The van der Waals surface area contributed by atoms with Crippen molar-refractivity contribution in [3.63, 3.8) is 0 Å². The maximum atomic E-state index is 15.1. The Hall–Kier alpha value is -3.47. The Morgan fingerprint density at radius 1 is 1.11 bits per heavy atom. The predicted molar refractivity (Wildman–Crippen MR) is 133 cm³/mol. The Balaban J connectivity index is 1.54. The van der Waals surface area contributed by atoms with Gasteiger partial charge in [0.2, 0.25) is 0 Å². The van der Waals surface area contributed by atoms with Crippen molar-refractivity contribution in [3.8, 4) is 11.3 Å². The topological polar surface area (TPSA) is 81.9 Å². The summed E-state index contributed by atoms with van der Waals surface area (Å²) in [7, 11) is 0. The zero-order valence-electron chi connectivity index (χ0n) is 20.0. The fraction of sp³-hybridized carbons (Fsp3) is 0.308. The molecular weight excluding hydrogens is 504 g/mol. The largest absolute Gasteiger partial charge is 0.370 e. The van der Waals surface area contributed by atoms with Crippen molar-refractivity contribution >= 4 is 23.1 Å². The summed E-state index contributed by atoms with van der Waals surface area (Å²) in [4.78, 5) is 28.9. The second-order valence-corrected chi connectivity index (χ2v) is 9.68. The zero-order valence-corrected chi connectivity index (χ0v) is 20.8. The number of hydrogen-bond donors (Lipinski definition) is 0. The first-order valence-corrected chi connectivity index (χ1v) is 12.2. The molecular formula is C26H22ClF2N5O3. The van der Waals surface area contributed by atoms with E-state index in [0.29, 0.717) is 30.2 Å². The average Bonchev–Trinajstić information content (AvgIpc) is 3.36. The highest BCUT2D eigenvalue weighted by Gasteiger charge is 2.30. The molecule has 0 radical (unpaired) electrons. The van der Waals surface area contributed by atoms with Crippen LogP contribution < -0.4 is 10.5 Å². The number of fused-ring (bicyclic) bond motifs is 2. The highest BCUT2D eigenvalue weighted by Crippen LogP contribution is 2.33. The Morgan fingerprint density at radius 3 is 2.76 bits per heavy atom. The van der Waals surface area contributed by atoms with Gasteiger partial charge in [0, 0.05) is 30.5 Å². The Morgan fingerprint density at radius 2 is 1.95 bits per heavy atom. The third-order valence-electron chi connectivity index (χ3n) is 6.63. The smallest absolute Gasteiger partial charge is 0.263 e. The van der Waals surface area contributed by atoms with Crippen molar-refractivity contribution in [2.75, 3.05) is 18.0 Å². The van der Waals surface area contributed by atoms with Crippen LogP contribution in [0.15, 0.2) is 41.5 Å². The van der Waals surface area contributed by atoms with E-state index in [1.165, 1.54) is 16.5 Å². The first-order valence-electron chi connectivity index (χ1n) is 11.8. The molecule has 3 aromatic heterocycles. The molecule has 1 fully saturated rings. The number of halogens is 3. The third kappa shape index (κ3) is 4.14. The lowest BCUT2D eigenvalue weighted by molar-refractivity contribution is -0.0177. The standard InChI is InChI=1S/C26H22ClF2N5O3/c1-13-7-15(5-6-30-13)20-9-33(8-14(2)37-20)21-10-34-25(31-19-12-36-11-17(19)26(34)35)24(32-21)16-3-4-18(27)23(29)22(16)28/h3-7,10,14,20H,8-9,11-12H2,1-2H3/t14?,20-/m1/s1. The van der Waals surface area contributed by atoms with Crippen LogP contribution in [0.2, 0.25) is 5.02 Å². The molecule has 0 bridgehead atoms. The van der Waals surface area contributed by atoms with Crippen LogP contribution in [0.3, 0.4) is 0 Å². The van der Waals surface area contributed by atoms with Crippen LogP contribution in [-0.4, -0.2) is 38.5 Å². The quantitative estimate of drug-likeness (QED) is 0.367. The molecule has 190 valence electrons. The Labute approximate surface area is 215 Å². The van der Waals surface area contributed by atoms with Crippen LogP contribution >= 0.6 is 11.6 Å². The second kappa shape index (κ2) is 9.13. The second-order valence-electron chi connectivity index (χ2n) is 9.27. The summed E-state index contributed by atoms with van der Waals surface area (Å²) < 4.78 is 42.6. The van der Waals surface area contributed by atoms with Gasteiger partial charge in [0.05, 0.1) is 41.8 Å². The number of nitrogens with zero attached hydrogens (tertiary/aromatic N) is 5. The molecule has 37 heavy (non-hydrogen) atoms. The summed E-state index contributed by atoms with van der Waals surface area (Å²) in [6.07, 6.45) is 2.88. The van der Waals surface area contributed by atoms with Gasteiger partial charge >= 0.3 is 0 Å². The minimum Gasteiger partial charge on any atom is -0.370 e. The van der Waals surface area contributed by atoms with Crippen LogP contribution in [0.25, 0.3) is 16.9 Å². The SMILES string of the molecule is Cc1cc([C@H]2CN(c3cn4c(=O)c5c(nc4c(-c4ccc(Cl)c(F)c4F)n3)COC5)CC(C)O2)ccn1. The monoisotopic (exact) mass is 525 g/mol. The van der Waals surface area contributed by atoms with Crippen molar-refractivity contribution < 1.29 is 18.3 Å². The van der Waals surface area contributed by atoms with E-state index in [9.17, 15) is 9.18 Å². The molecule has 4 aromatic rings. The molecule has 11 heteroatoms. The van der Waals surface area contributed by atoms with E-state index in [2.05, 4.69) is 9.97 Å². The lowest BCUT2D eigenvalue weighted by Crippen LogP contribution is -2.43. The highest BCUT2D eigenvalue weighted by molar-refractivity contribution is 6.30. The summed E-state index contributed by atoms with van der Waals surface area (Å²) in [5.74, 6) is -1.94. The van der Waals surface area contributed by atoms with Gasteiger partial charge in [-0.15, -0.1) is 0 Å². The zero-order chi connectivity index (χ0) is 25.8. The molecule has 2 aliphatic rings. The molecule has 0 saturated carbocycles. The molecule has 1 unspecified atom stereocenters. The van der Waals surface area contributed by atoms with Crippen molar-refractivity contribution in [2.45, 2.75) is 39.3 Å². The van der Waals surface area contributed by atoms with E-state index in [1.807, 2.05) is 30.9 Å². The number of pyridine rings is 1. The van der Waals surface area contributed by atoms with Crippen molar-refractivity contribution in [1.29, 1.82) is 0 Å². The van der Waals surface area contributed by atoms with E-state index in [4.69, 9.17) is 26.1 Å². The van der Waals surface area contributed by atoms with E-state index in [0.717, 1.165) is 11.3 Å². The maximum Gasteiger partial charge on any atom is 0.263 e. The third-order valence-corrected chi connectivity index (χ3v) is 6.92. The van der Waals surface area contributed by atoms with E-state index < -0.39 is 11.6 Å². The summed E-state index contributed by atoms with van der Waals surface area (Å²) in [6, 6.07) is 6.46. The summed E-state index contributed by atoms with van der Waals surface area (Å²) in [5.41, 5.74) is 2.40. The fourth-order valence-electron chi connectivity index (χ4n) is 4.86. The Bertz CT molecular complexity index is 1610. The molecule has 0 spiro atoms. The molecule has 0 amide bonds. The van der Waals surface area contributed by atoms with Gasteiger partial charge in [-0.3, -0.25) is 14.2 Å². The maximum absolute atomic E-state index is 15.1. The van der Waals surface area contributed by atoms with Gasteiger partial charge in [0.25, 0.3) is 5.56 Å². The Kier molecular flexibility index (Phi) is 5.89. The van der Waals surface area contributed by atoms with Gasteiger partial charge in [0.1, 0.15) is 17.6 Å². The van der Waals surface area contributed by atoms with E-state index in [1.54, 1.807) is 12.4 Å². The molecule has 0 N–H and O–H groups in total. The van der Waals surface area contributed by atoms with Gasteiger partial charge in [-0.25, -0.2) is 18.7 Å². The molecule has 5 heterocycles. The van der Waals surface area contributed by atoms with Gasteiger partial charge in [-0.05, 0) is 43.7 Å². The van der Waals surface area contributed by atoms with E-state index in [-0.39, 0.29) is 52.9 Å². The van der Waals surface area contributed by atoms with Gasteiger partial charge in [-0.1, -0.05) is 11.6 Å². The molecule has 6 rings (SSSR count). The van der Waals surface area contributed by atoms with Crippen LogP contribution in [0.5, 0.6) is 0 Å². The van der Waals surface area contributed by atoms with Gasteiger partial charge in [-0.2, -0.15) is 0 Å². The van der Waals surface area contributed by atoms with Crippen molar-refractivity contribution in [1.82, 2.24) is 19.4 Å². The van der Waals surface area contributed by atoms with Gasteiger partial charge < -0.3 is 14.4 Å². The number of hydrogen-bond acceptors (Lipinski definition) is 7. The number of benzene rings is 1. The summed E-state index contributed by atoms with van der Waals surface area (Å²) in [5, 5.41) is -0.349. The minimum atomic E-state index is -1.19. The highest BCUT2D eigenvalue weighted by atomic mass is 35.5. The first kappa shape index (κ1) is 23.9. The number of rotatable bonds is 3. The number of morpholine rings is 1. The van der Waals surface area contributed by atoms with Crippen LogP contribution in [0, 0.1) is 18.6 Å². The molecule has 8 nitrogen and oxygen atoms in total. The lowest BCUT2D eigenvalue weighted by Gasteiger charge is -2.38. The fourth-order valence-corrected chi connectivity index (χ4v) is 5.00. The molecule has 1 aromatic carbocycles. The van der Waals surface area contributed by atoms with Crippen LogP contribution in [-0.2, 0) is 22.7 Å².